The van der Waals surface area contributed by atoms with Gasteiger partial charge in [0, 0.05) is 36.3 Å². The Bertz CT molecular complexity index is 971. The SMILES string of the molecule is CC(C)(O)c1ccc(NC(=O)c2ccc(NCCN3CCCC3)cc2)c2c1CCC2=O. The van der Waals surface area contributed by atoms with Gasteiger partial charge in [-0.05, 0) is 87.7 Å². The maximum absolute atomic E-state index is 12.8. The normalized spacial score (nSPS) is 16.4. The molecule has 0 radical (unpaired) electrons. The number of carbonyl (C=O) groups is 2. The molecule has 31 heavy (non-hydrogen) atoms. The monoisotopic (exact) mass is 421 g/mol. The van der Waals surface area contributed by atoms with Crippen molar-refractivity contribution in [2.75, 3.05) is 36.8 Å². The topological polar surface area (TPSA) is 81.7 Å². The largest absolute Gasteiger partial charge is 0.386 e. The van der Waals surface area contributed by atoms with Crippen LogP contribution in [-0.2, 0) is 12.0 Å². The molecular weight excluding hydrogens is 390 g/mol. The van der Waals surface area contributed by atoms with Crippen LogP contribution in [0.2, 0.25) is 0 Å². The van der Waals surface area contributed by atoms with Gasteiger partial charge in [-0.1, -0.05) is 6.07 Å². The third-order valence-electron chi connectivity index (χ3n) is 6.20. The molecule has 6 nitrogen and oxygen atoms in total. The van der Waals surface area contributed by atoms with Crippen molar-refractivity contribution >= 4 is 23.1 Å². The van der Waals surface area contributed by atoms with Crippen molar-refractivity contribution in [2.24, 2.45) is 0 Å². The van der Waals surface area contributed by atoms with Crippen LogP contribution in [0.3, 0.4) is 0 Å². The second kappa shape index (κ2) is 8.81. The van der Waals surface area contributed by atoms with Crippen LogP contribution in [-0.4, -0.2) is 47.9 Å². The Morgan fingerprint density at radius 1 is 1.06 bits per heavy atom. The fourth-order valence-electron chi connectivity index (χ4n) is 4.57. The molecule has 0 unspecified atom stereocenters. The first-order chi connectivity index (χ1) is 14.8. The second-order valence-electron chi connectivity index (χ2n) is 9.00. The minimum atomic E-state index is -1.03. The fourth-order valence-corrected chi connectivity index (χ4v) is 4.57. The first-order valence-corrected chi connectivity index (χ1v) is 11.1. The standard InChI is InChI=1S/C25H31N3O3/c1-25(2,31)20-10-11-21(23-19(20)9-12-22(23)29)27-24(30)17-5-7-18(8-6-17)26-13-16-28-14-3-4-15-28/h5-8,10-11,26,31H,3-4,9,12-16H2,1-2H3,(H,27,30). The van der Waals surface area contributed by atoms with Gasteiger partial charge < -0.3 is 20.6 Å². The van der Waals surface area contributed by atoms with Crippen LogP contribution >= 0.6 is 0 Å². The summed E-state index contributed by atoms with van der Waals surface area (Å²) >= 11 is 0. The number of likely N-dealkylation sites (tertiary alicyclic amines) is 1. The van der Waals surface area contributed by atoms with E-state index in [1.54, 1.807) is 38.1 Å². The molecule has 0 spiro atoms. The predicted octanol–water partition coefficient (Wildman–Crippen LogP) is 3.80. The summed E-state index contributed by atoms with van der Waals surface area (Å²) in [7, 11) is 0. The average Bonchev–Trinajstić information content (AvgIpc) is 3.38. The van der Waals surface area contributed by atoms with Gasteiger partial charge in [-0.2, -0.15) is 0 Å². The van der Waals surface area contributed by atoms with Gasteiger partial charge in [0.25, 0.3) is 5.91 Å². The third-order valence-corrected chi connectivity index (χ3v) is 6.20. The summed E-state index contributed by atoms with van der Waals surface area (Å²) in [6.45, 7) is 7.71. The zero-order valence-corrected chi connectivity index (χ0v) is 18.3. The van der Waals surface area contributed by atoms with E-state index >= 15 is 0 Å². The smallest absolute Gasteiger partial charge is 0.255 e. The van der Waals surface area contributed by atoms with E-state index in [1.165, 1.54) is 25.9 Å². The number of anilines is 2. The summed E-state index contributed by atoms with van der Waals surface area (Å²) in [5, 5.41) is 16.7. The molecule has 4 rings (SSSR count). The molecule has 2 aromatic carbocycles. The van der Waals surface area contributed by atoms with Crippen molar-refractivity contribution in [2.45, 2.75) is 45.1 Å². The van der Waals surface area contributed by atoms with Crippen LogP contribution in [0.4, 0.5) is 11.4 Å². The van der Waals surface area contributed by atoms with E-state index in [0.29, 0.717) is 29.7 Å². The summed E-state index contributed by atoms with van der Waals surface area (Å²) in [5.74, 6) is -0.240. The number of ketones is 1. The van der Waals surface area contributed by atoms with E-state index in [1.807, 2.05) is 12.1 Å². The number of benzene rings is 2. The Morgan fingerprint density at radius 3 is 2.45 bits per heavy atom. The van der Waals surface area contributed by atoms with E-state index in [9.17, 15) is 14.7 Å². The number of rotatable bonds is 7. The summed E-state index contributed by atoms with van der Waals surface area (Å²) in [6.07, 6.45) is 3.58. The molecular formula is C25H31N3O3. The molecule has 1 saturated heterocycles. The lowest BCUT2D eigenvalue weighted by Gasteiger charge is -2.22. The summed E-state index contributed by atoms with van der Waals surface area (Å²) in [5.41, 5.74) is 3.13. The highest BCUT2D eigenvalue weighted by Gasteiger charge is 2.31. The molecule has 0 bridgehead atoms. The van der Waals surface area contributed by atoms with Gasteiger partial charge in [0.15, 0.2) is 5.78 Å². The van der Waals surface area contributed by atoms with Crippen molar-refractivity contribution < 1.29 is 14.7 Å². The molecule has 1 amide bonds. The maximum atomic E-state index is 12.8. The van der Waals surface area contributed by atoms with E-state index in [4.69, 9.17) is 0 Å². The van der Waals surface area contributed by atoms with Gasteiger partial charge >= 0.3 is 0 Å². The predicted molar refractivity (Wildman–Crippen MR) is 123 cm³/mol. The first kappa shape index (κ1) is 21.5. The highest BCUT2D eigenvalue weighted by atomic mass is 16.3. The van der Waals surface area contributed by atoms with Gasteiger partial charge in [0.2, 0.25) is 0 Å². The number of Topliss-reactive ketones (excluding diaryl/α,β-unsaturated/α-hetero) is 1. The Labute approximate surface area is 183 Å². The zero-order valence-electron chi connectivity index (χ0n) is 18.3. The molecule has 1 aliphatic heterocycles. The number of aliphatic hydroxyl groups is 1. The number of amides is 1. The van der Waals surface area contributed by atoms with Gasteiger partial charge in [0.05, 0.1) is 11.3 Å². The Kier molecular flexibility index (Phi) is 6.12. The summed E-state index contributed by atoms with van der Waals surface area (Å²) in [6, 6.07) is 10.9. The van der Waals surface area contributed by atoms with Crippen LogP contribution < -0.4 is 10.6 Å². The molecule has 0 saturated carbocycles. The minimum Gasteiger partial charge on any atom is -0.386 e. The van der Waals surface area contributed by atoms with E-state index in [-0.39, 0.29) is 11.7 Å². The van der Waals surface area contributed by atoms with E-state index < -0.39 is 5.60 Å². The number of hydrogen-bond acceptors (Lipinski definition) is 5. The number of nitrogens with one attached hydrogen (secondary N) is 2. The molecule has 2 aromatic rings. The lowest BCUT2D eigenvalue weighted by Crippen LogP contribution is -2.25. The molecule has 2 aliphatic rings. The minimum absolute atomic E-state index is 0.00829. The second-order valence-corrected chi connectivity index (χ2v) is 9.00. The Morgan fingerprint density at radius 2 is 1.77 bits per heavy atom. The van der Waals surface area contributed by atoms with Crippen molar-refractivity contribution in [3.05, 3.63) is 58.7 Å². The molecule has 1 fully saturated rings. The number of carbonyl (C=O) groups excluding carboxylic acids is 2. The Balaban J connectivity index is 1.42. The van der Waals surface area contributed by atoms with Gasteiger partial charge in [-0.3, -0.25) is 9.59 Å². The maximum Gasteiger partial charge on any atom is 0.255 e. The molecule has 1 heterocycles. The molecule has 0 aromatic heterocycles. The van der Waals surface area contributed by atoms with Crippen LogP contribution in [0.5, 0.6) is 0 Å². The van der Waals surface area contributed by atoms with Crippen LogP contribution in [0.25, 0.3) is 0 Å². The quantitative estimate of drug-likeness (QED) is 0.634. The molecule has 3 N–H and O–H groups in total. The Hall–Kier alpha value is -2.70. The van der Waals surface area contributed by atoms with Gasteiger partial charge in [-0.15, -0.1) is 0 Å². The fraction of sp³-hybridized carbons (Fsp3) is 0.440. The lowest BCUT2D eigenvalue weighted by molar-refractivity contribution is 0.0777. The first-order valence-electron chi connectivity index (χ1n) is 11.1. The van der Waals surface area contributed by atoms with Crippen molar-refractivity contribution in [1.29, 1.82) is 0 Å². The third kappa shape index (κ3) is 4.81. The number of hydrogen-bond donors (Lipinski definition) is 3. The van der Waals surface area contributed by atoms with E-state index in [0.717, 1.165) is 29.9 Å². The summed E-state index contributed by atoms with van der Waals surface area (Å²) < 4.78 is 0. The highest BCUT2D eigenvalue weighted by molar-refractivity contribution is 6.11. The van der Waals surface area contributed by atoms with Crippen LogP contribution in [0.15, 0.2) is 36.4 Å². The number of nitrogens with zero attached hydrogens (tertiary/aromatic N) is 1. The van der Waals surface area contributed by atoms with E-state index in [2.05, 4.69) is 15.5 Å². The summed E-state index contributed by atoms with van der Waals surface area (Å²) in [4.78, 5) is 27.7. The van der Waals surface area contributed by atoms with Crippen molar-refractivity contribution in [1.82, 2.24) is 4.90 Å². The molecule has 164 valence electrons. The van der Waals surface area contributed by atoms with Gasteiger partial charge in [0.1, 0.15) is 0 Å². The average molecular weight is 422 g/mol. The van der Waals surface area contributed by atoms with Gasteiger partial charge in [-0.25, -0.2) is 0 Å². The number of fused-ring (bicyclic) bond motifs is 1. The van der Waals surface area contributed by atoms with Crippen molar-refractivity contribution in [3.63, 3.8) is 0 Å². The van der Waals surface area contributed by atoms with Crippen LogP contribution in [0.1, 0.15) is 65.0 Å². The molecule has 1 aliphatic carbocycles. The van der Waals surface area contributed by atoms with Crippen LogP contribution in [0, 0.1) is 0 Å². The highest BCUT2D eigenvalue weighted by Crippen LogP contribution is 2.36. The zero-order chi connectivity index (χ0) is 22.0. The lowest BCUT2D eigenvalue weighted by atomic mass is 9.90. The van der Waals surface area contributed by atoms with Crippen molar-refractivity contribution in [3.8, 4) is 0 Å². The molecule has 6 heteroatoms. The molecule has 0 atom stereocenters.